The zero-order chi connectivity index (χ0) is 12.3. The van der Waals surface area contributed by atoms with E-state index in [0.717, 1.165) is 24.2 Å². The second-order valence-electron chi connectivity index (χ2n) is 3.89. The third-order valence-corrected chi connectivity index (χ3v) is 2.51. The highest BCUT2D eigenvalue weighted by molar-refractivity contribution is 5.72. The van der Waals surface area contributed by atoms with Gasteiger partial charge >= 0.3 is 0 Å². The first-order valence-electron chi connectivity index (χ1n) is 5.58. The van der Waals surface area contributed by atoms with Crippen molar-refractivity contribution in [2.24, 2.45) is 0 Å². The maximum absolute atomic E-state index is 8.86. The predicted molar refractivity (Wildman–Crippen MR) is 67.1 cm³/mol. The van der Waals surface area contributed by atoms with E-state index in [0.29, 0.717) is 11.3 Å². The van der Waals surface area contributed by atoms with Crippen molar-refractivity contribution < 1.29 is 0 Å². The molecule has 0 atom stereocenters. The van der Waals surface area contributed by atoms with E-state index < -0.39 is 0 Å². The summed E-state index contributed by atoms with van der Waals surface area (Å²) in [5, 5.41) is 13.3. The molecule has 17 heavy (non-hydrogen) atoms. The van der Waals surface area contributed by atoms with E-state index in [1.54, 1.807) is 12.1 Å². The molecule has 0 unspecified atom stereocenters. The van der Waals surface area contributed by atoms with Crippen molar-refractivity contribution in [2.75, 3.05) is 5.73 Å². The molecule has 4 nitrogen and oxygen atoms in total. The normalized spacial score (nSPS) is 10.1. The number of hydrogen-bond donors (Lipinski definition) is 1. The fraction of sp³-hybridized carbons (Fsp3) is 0.231. The Morgan fingerprint density at radius 1 is 1.47 bits per heavy atom. The van der Waals surface area contributed by atoms with Gasteiger partial charge in [0.25, 0.3) is 0 Å². The largest absolute Gasteiger partial charge is 0.396 e. The highest BCUT2D eigenvalue weighted by Crippen LogP contribution is 2.24. The lowest BCUT2D eigenvalue weighted by Crippen LogP contribution is -1.96. The molecule has 0 saturated carbocycles. The van der Waals surface area contributed by atoms with Crippen molar-refractivity contribution in [3.05, 3.63) is 36.0 Å². The molecule has 2 N–H and O–H groups in total. The SMILES string of the molecule is CCCn1cc(N)c(-c2cccc(C#N)c2)n1. The molecule has 0 fully saturated rings. The Morgan fingerprint density at radius 3 is 3.00 bits per heavy atom. The lowest BCUT2D eigenvalue weighted by molar-refractivity contribution is 0.605. The molecule has 1 aromatic heterocycles. The minimum absolute atomic E-state index is 0.618. The molecule has 0 aliphatic rings. The van der Waals surface area contributed by atoms with E-state index in [2.05, 4.69) is 18.1 Å². The summed E-state index contributed by atoms with van der Waals surface area (Å²) in [6.07, 6.45) is 2.84. The van der Waals surface area contributed by atoms with Gasteiger partial charge in [-0.3, -0.25) is 4.68 Å². The van der Waals surface area contributed by atoms with Gasteiger partial charge in [0, 0.05) is 18.3 Å². The van der Waals surface area contributed by atoms with Crippen LogP contribution in [0.1, 0.15) is 18.9 Å². The summed E-state index contributed by atoms with van der Waals surface area (Å²) in [5.41, 5.74) is 8.82. The number of aryl methyl sites for hydroxylation is 1. The Hall–Kier alpha value is -2.28. The molecular weight excluding hydrogens is 212 g/mol. The van der Waals surface area contributed by atoms with Crippen LogP contribution >= 0.6 is 0 Å². The average molecular weight is 226 g/mol. The summed E-state index contributed by atoms with van der Waals surface area (Å²) in [6.45, 7) is 2.94. The van der Waals surface area contributed by atoms with Crippen LogP contribution in [0, 0.1) is 11.3 Å². The van der Waals surface area contributed by atoms with E-state index in [4.69, 9.17) is 11.0 Å². The van der Waals surface area contributed by atoms with Crippen LogP contribution in [0.4, 0.5) is 5.69 Å². The van der Waals surface area contributed by atoms with E-state index in [1.807, 2.05) is 23.0 Å². The molecular formula is C13H14N4. The second kappa shape index (κ2) is 4.71. The van der Waals surface area contributed by atoms with Crippen LogP contribution in [0.15, 0.2) is 30.5 Å². The first kappa shape index (κ1) is 11.2. The highest BCUT2D eigenvalue weighted by Gasteiger charge is 2.08. The number of rotatable bonds is 3. The summed E-state index contributed by atoms with van der Waals surface area (Å²) < 4.78 is 1.84. The van der Waals surface area contributed by atoms with Gasteiger partial charge in [-0.05, 0) is 18.6 Å². The van der Waals surface area contributed by atoms with E-state index in [9.17, 15) is 0 Å². The summed E-state index contributed by atoms with van der Waals surface area (Å²) in [7, 11) is 0. The number of hydrogen-bond acceptors (Lipinski definition) is 3. The van der Waals surface area contributed by atoms with Crippen molar-refractivity contribution >= 4 is 5.69 Å². The zero-order valence-corrected chi connectivity index (χ0v) is 9.72. The van der Waals surface area contributed by atoms with Crippen LogP contribution in [0.2, 0.25) is 0 Å². The van der Waals surface area contributed by atoms with Crippen molar-refractivity contribution in [1.29, 1.82) is 5.26 Å². The number of nitriles is 1. The Balaban J connectivity index is 2.42. The minimum atomic E-state index is 0.618. The van der Waals surface area contributed by atoms with Gasteiger partial charge < -0.3 is 5.73 Å². The molecule has 86 valence electrons. The molecule has 0 bridgehead atoms. The van der Waals surface area contributed by atoms with Crippen LogP contribution in [-0.2, 0) is 6.54 Å². The monoisotopic (exact) mass is 226 g/mol. The Labute approximate surface area is 100 Å². The highest BCUT2D eigenvalue weighted by atomic mass is 15.3. The van der Waals surface area contributed by atoms with Crippen molar-refractivity contribution in [3.8, 4) is 17.3 Å². The Morgan fingerprint density at radius 2 is 2.29 bits per heavy atom. The van der Waals surface area contributed by atoms with Gasteiger partial charge in [-0.25, -0.2) is 0 Å². The Bertz CT molecular complexity index is 563. The van der Waals surface area contributed by atoms with Crippen LogP contribution < -0.4 is 5.73 Å². The molecule has 0 saturated heterocycles. The molecule has 0 spiro atoms. The minimum Gasteiger partial charge on any atom is -0.396 e. The van der Waals surface area contributed by atoms with Crippen LogP contribution in [-0.4, -0.2) is 9.78 Å². The van der Waals surface area contributed by atoms with Crippen LogP contribution in [0.3, 0.4) is 0 Å². The summed E-state index contributed by atoms with van der Waals surface area (Å²) in [5.74, 6) is 0. The van der Waals surface area contributed by atoms with Crippen molar-refractivity contribution in [2.45, 2.75) is 19.9 Å². The molecule has 1 aromatic carbocycles. The van der Waals surface area contributed by atoms with Crippen LogP contribution in [0.5, 0.6) is 0 Å². The van der Waals surface area contributed by atoms with Gasteiger partial charge in [-0.1, -0.05) is 19.1 Å². The predicted octanol–water partition coefficient (Wildman–Crippen LogP) is 2.41. The third-order valence-electron chi connectivity index (χ3n) is 2.51. The molecule has 0 radical (unpaired) electrons. The molecule has 4 heteroatoms. The third kappa shape index (κ3) is 2.28. The first-order chi connectivity index (χ1) is 8.24. The van der Waals surface area contributed by atoms with Gasteiger partial charge in [0.15, 0.2) is 0 Å². The molecule has 2 rings (SSSR count). The standard InChI is InChI=1S/C13H14N4/c1-2-6-17-9-12(15)13(16-17)11-5-3-4-10(7-11)8-14/h3-5,7,9H,2,6,15H2,1H3. The van der Waals surface area contributed by atoms with E-state index in [-0.39, 0.29) is 0 Å². The molecule has 0 aliphatic carbocycles. The first-order valence-corrected chi connectivity index (χ1v) is 5.58. The molecule has 0 aliphatic heterocycles. The number of anilines is 1. The maximum atomic E-state index is 8.86. The van der Waals surface area contributed by atoms with Gasteiger partial charge in [-0.15, -0.1) is 0 Å². The number of benzene rings is 1. The van der Waals surface area contributed by atoms with Crippen molar-refractivity contribution in [1.82, 2.24) is 9.78 Å². The lowest BCUT2D eigenvalue weighted by Gasteiger charge is -1.99. The van der Waals surface area contributed by atoms with E-state index in [1.165, 1.54) is 0 Å². The van der Waals surface area contributed by atoms with Gasteiger partial charge in [-0.2, -0.15) is 10.4 Å². The number of nitrogens with zero attached hydrogens (tertiary/aromatic N) is 3. The number of nitrogen functional groups attached to an aromatic ring is 1. The van der Waals surface area contributed by atoms with E-state index >= 15 is 0 Å². The topological polar surface area (TPSA) is 67.6 Å². The van der Waals surface area contributed by atoms with Gasteiger partial charge in [0.2, 0.25) is 0 Å². The lowest BCUT2D eigenvalue weighted by atomic mass is 10.1. The maximum Gasteiger partial charge on any atom is 0.115 e. The summed E-state index contributed by atoms with van der Waals surface area (Å²) in [4.78, 5) is 0. The van der Waals surface area contributed by atoms with Crippen LogP contribution in [0.25, 0.3) is 11.3 Å². The number of aromatic nitrogens is 2. The fourth-order valence-electron chi connectivity index (χ4n) is 1.74. The average Bonchev–Trinajstić information content (AvgIpc) is 2.71. The summed E-state index contributed by atoms with van der Waals surface area (Å²) >= 11 is 0. The Kier molecular flexibility index (Phi) is 3.10. The molecule has 1 heterocycles. The van der Waals surface area contributed by atoms with Crippen molar-refractivity contribution in [3.63, 3.8) is 0 Å². The molecule has 2 aromatic rings. The fourth-order valence-corrected chi connectivity index (χ4v) is 1.74. The smallest absolute Gasteiger partial charge is 0.115 e. The summed E-state index contributed by atoms with van der Waals surface area (Å²) in [6, 6.07) is 9.43. The molecule has 0 amide bonds. The number of nitrogens with two attached hydrogens (primary N) is 1. The quantitative estimate of drug-likeness (QED) is 0.873. The zero-order valence-electron chi connectivity index (χ0n) is 9.72. The second-order valence-corrected chi connectivity index (χ2v) is 3.89. The van der Waals surface area contributed by atoms with Gasteiger partial charge in [0.1, 0.15) is 5.69 Å². The van der Waals surface area contributed by atoms with Gasteiger partial charge in [0.05, 0.1) is 17.3 Å².